The standard InChI is InChI=1S/C24H16BrFINO3S2/c1-30-20-11-14(10-19(27)22(20)31-13-15-4-2-3-5-18(15)26)12-21-23(29)28(24(32)33-21)17-8-6-16(25)7-9-17/h2-12H,13H2,1H3/b21-12+. The maximum atomic E-state index is 13.9. The molecule has 4 rings (SSSR count). The van der Waals surface area contributed by atoms with Crippen molar-refractivity contribution in [1.82, 2.24) is 0 Å². The van der Waals surface area contributed by atoms with Gasteiger partial charge in [0.25, 0.3) is 5.91 Å². The molecule has 9 heteroatoms. The van der Waals surface area contributed by atoms with Crippen molar-refractivity contribution < 1.29 is 18.7 Å². The van der Waals surface area contributed by atoms with E-state index in [1.54, 1.807) is 30.3 Å². The van der Waals surface area contributed by atoms with E-state index in [0.29, 0.717) is 32.0 Å². The fourth-order valence-corrected chi connectivity index (χ4v) is 5.50. The summed E-state index contributed by atoms with van der Waals surface area (Å²) in [5, 5.41) is 0. The third-order valence-electron chi connectivity index (χ3n) is 4.76. The molecule has 1 fully saturated rings. The minimum atomic E-state index is -0.323. The number of hydrogen-bond donors (Lipinski definition) is 0. The average Bonchev–Trinajstić information content (AvgIpc) is 3.07. The first kappa shape index (κ1) is 24.2. The molecule has 0 radical (unpaired) electrons. The van der Waals surface area contributed by atoms with Gasteiger partial charge in [0.1, 0.15) is 12.4 Å². The zero-order valence-electron chi connectivity index (χ0n) is 17.2. The molecule has 0 aliphatic carbocycles. The molecule has 4 nitrogen and oxygen atoms in total. The van der Waals surface area contributed by atoms with Crippen LogP contribution in [0.4, 0.5) is 10.1 Å². The highest BCUT2D eigenvalue weighted by Gasteiger charge is 2.33. The first-order valence-corrected chi connectivity index (χ1v) is 12.7. The number of rotatable bonds is 6. The van der Waals surface area contributed by atoms with Crippen LogP contribution < -0.4 is 14.4 Å². The molecule has 168 valence electrons. The summed E-state index contributed by atoms with van der Waals surface area (Å²) in [5.74, 6) is 0.505. The van der Waals surface area contributed by atoms with Crippen molar-refractivity contribution in [3.05, 3.63) is 90.6 Å². The van der Waals surface area contributed by atoms with Crippen LogP contribution in [0.25, 0.3) is 6.08 Å². The number of thioether (sulfide) groups is 1. The summed E-state index contributed by atoms with van der Waals surface area (Å²) >= 11 is 12.2. The van der Waals surface area contributed by atoms with Crippen LogP contribution in [0.2, 0.25) is 0 Å². The number of ether oxygens (including phenoxy) is 2. The van der Waals surface area contributed by atoms with Gasteiger partial charge in [-0.3, -0.25) is 9.69 Å². The Kier molecular flexibility index (Phi) is 7.72. The summed E-state index contributed by atoms with van der Waals surface area (Å²) in [6.07, 6.45) is 1.78. The summed E-state index contributed by atoms with van der Waals surface area (Å²) < 4.78 is 27.5. The third kappa shape index (κ3) is 5.42. The number of nitrogens with zero attached hydrogens (tertiary/aromatic N) is 1. The van der Waals surface area contributed by atoms with Crippen LogP contribution in [0, 0.1) is 9.39 Å². The number of thiocarbonyl (C=S) groups is 1. The second-order valence-corrected chi connectivity index (χ2v) is 10.7. The molecule has 0 aromatic heterocycles. The number of hydrogen-bond acceptors (Lipinski definition) is 5. The van der Waals surface area contributed by atoms with Crippen molar-refractivity contribution in [2.24, 2.45) is 0 Å². The first-order chi connectivity index (χ1) is 15.9. The molecule has 3 aromatic carbocycles. The highest BCUT2D eigenvalue weighted by molar-refractivity contribution is 14.1. The molecule has 1 amide bonds. The number of methoxy groups -OCH3 is 1. The van der Waals surface area contributed by atoms with Crippen molar-refractivity contribution in [3.63, 3.8) is 0 Å². The van der Waals surface area contributed by atoms with Crippen LogP contribution in [0.3, 0.4) is 0 Å². The summed E-state index contributed by atoms with van der Waals surface area (Å²) in [7, 11) is 1.54. The fourth-order valence-electron chi connectivity index (χ4n) is 3.16. The number of halogens is 3. The molecule has 33 heavy (non-hydrogen) atoms. The third-order valence-corrected chi connectivity index (χ3v) is 7.39. The van der Waals surface area contributed by atoms with Gasteiger partial charge in [0.2, 0.25) is 0 Å². The van der Waals surface area contributed by atoms with Gasteiger partial charge in [0.05, 0.1) is 21.3 Å². The minimum absolute atomic E-state index is 0.0736. The highest BCUT2D eigenvalue weighted by atomic mass is 127. The van der Waals surface area contributed by atoms with Crippen molar-refractivity contribution in [2.75, 3.05) is 12.0 Å². The first-order valence-electron chi connectivity index (χ1n) is 9.64. The SMILES string of the molecule is COc1cc(/C=C2/SC(=S)N(c3ccc(Br)cc3)C2=O)cc(I)c1OCc1ccccc1F. The molecule has 3 aromatic rings. The predicted octanol–water partition coefficient (Wildman–Crippen LogP) is 7.19. The lowest BCUT2D eigenvalue weighted by Crippen LogP contribution is -2.27. The summed E-state index contributed by atoms with van der Waals surface area (Å²) in [6.45, 7) is 0.0736. The normalized spacial score (nSPS) is 14.8. The van der Waals surface area contributed by atoms with E-state index in [4.69, 9.17) is 21.7 Å². The minimum Gasteiger partial charge on any atom is -0.493 e. The number of carbonyl (C=O) groups is 1. The van der Waals surface area contributed by atoms with E-state index < -0.39 is 0 Å². The van der Waals surface area contributed by atoms with E-state index in [1.807, 2.05) is 30.3 Å². The number of benzene rings is 3. The van der Waals surface area contributed by atoms with E-state index in [9.17, 15) is 9.18 Å². The Bertz CT molecular complexity index is 1270. The molecule has 0 N–H and O–H groups in total. The van der Waals surface area contributed by atoms with E-state index in [0.717, 1.165) is 13.6 Å². The van der Waals surface area contributed by atoms with Crippen LogP contribution in [-0.4, -0.2) is 17.3 Å². The van der Waals surface area contributed by atoms with Gasteiger partial charge < -0.3 is 9.47 Å². The van der Waals surface area contributed by atoms with Gasteiger partial charge in [0, 0.05) is 10.0 Å². The summed E-state index contributed by atoms with van der Waals surface area (Å²) in [5.41, 5.74) is 1.94. The zero-order valence-corrected chi connectivity index (χ0v) is 22.6. The van der Waals surface area contributed by atoms with Gasteiger partial charge in [0.15, 0.2) is 15.8 Å². The highest BCUT2D eigenvalue weighted by Crippen LogP contribution is 2.39. The van der Waals surface area contributed by atoms with Crippen molar-refractivity contribution >= 4 is 84.5 Å². The van der Waals surface area contributed by atoms with Crippen molar-refractivity contribution in [1.29, 1.82) is 0 Å². The molecule has 0 atom stereocenters. The second kappa shape index (κ2) is 10.5. The molecule has 1 aliphatic rings. The molecule has 1 heterocycles. The molecular weight excluding hydrogens is 640 g/mol. The maximum absolute atomic E-state index is 13.9. The second-order valence-electron chi connectivity index (χ2n) is 6.91. The number of amides is 1. The molecule has 0 saturated carbocycles. The van der Waals surface area contributed by atoms with E-state index in [1.165, 1.54) is 29.8 Å². The maximum Gasteiger partial charge on any atom is 0.270 e. The molecule has 1 aliphatic heterocycles. The Balaban J connectivity index is 1.58. The number of anilines is 1. The average molecular weight is 656 g/mol. The predicted molar refractivity (Wildman–Crippen MR) is 146 cm³/mol. The van der Waals surface area contributed by atoms with E-state index in [2.05, 4.69) is 38.5 Å². The van der Waals surface area contributed by atoms with Gasteiger partial charge >= 0.3 is 0 Å². The van der Waals surface area contributed by atoms with Crippen molar-refractivity contribution in [3.8, 4) is 11.5 Å². The number of carbonyl (C=O) groups excluding carboxylic acids is 1. The van der Waals surface area contributed by atoms with E-state index >= 15 is 0 Å². The Hall–Kier alpha value is -1.95. The Morgan fingerprint density at radius 1 is 1.18 bits per heavy atom. The molecular formula is C24H16BrFINO3S2. The van der Waals surface area contributed by atoms with Crippen LogP contribution in [-0.2, 0) is 11.4 Å². The lowest BCUT2D eigenvalue weighted by atomic mass is 10.1. The van der Waals surface area contributed by atoms with Gasteiger partial charge in [-0.25, -0.2) is 4.39 Å². The van der Waals surface area contributed by atoms with Gasteiger partial charge in [-0.2, -0.15) is 0 Å². The largest absolute Gasteiger partial charge is 0.493 e. The molecule has 0 unspecified atom stereocenters. The van der Waals surface area contributed by atoms with Crippen LogP contribution >= 0.6 is 62.5 Å². The molecule has 0 bridgehead atoms. The topological polar surface area (TPSA) is 38.8 Å². The van der Waals surface area contributed by atoms with Gasteiger partial charge in [-0.1, -0.05) is 58.1 Å². The van der Waals surface area contributed by atoms with Crippen LogP contribution in [0.1, 0.15) is 11.1 Å². The summed E-state index contributed by atoms with van der Waals surface area (Å²) in [6, 6.07) is 17.5. The smallest absolute Gasteiger partial charge is 0.270 e. The Morgan fingerprint density at radius 3 is 2.61 bits per heavy atom. The van der Waals surface area contributed by atoms with Crippen molar-refractivity contribution in [2.45, 2.75) is 6.61 Å². The molecule has 0 spiro atoms. The Labute approximate surface area is 222 Å². The van der Waals surface area contributed by atoms with Gasteiger partial charge in [-0.05, 0) is 76.7 Å². The van der Waals surface area contributed by atoms with Gasteiger partial charge in [-0.15, -0.1) is 0 Å². The quantitative estimate of drug-likeness (QED) is 0.160. The Morgan fingerprint density at radius 2 is 1.91 bits per heavy atom. The zero-order chi connectivity index (χ0) is 23.5. The van der Waals surface area contributed by atoms with E-state index in [-0.39, 0.29) is 18.3 Å². The molecule has 1 saturated heterocycles. The lowest BCUT2D eigenvalue weighted by Gasteiger charge is -2.15. The summed E-state index contributed by atoms with van der Waals surface area (Å²) in [4.78, 5) is 15.1. The van der Waals surface area contributed by atoms with Crippen LogP contribution in [0.15, 0.2) is 70.0 Å². The fraction of sp³-hybridized carbons (Fsp3) is 0.0833. The lowest BCUT2D eigenvalue weighted by molar-refractivity contribution is -0.113. The monoisotopic (exact) mass is 655 g/mol. The van der Waals surface area contributed by atoms with Crippen LogP contribution in [0.5, 0.6) is 11.5 Å².